The summed E-state index contributed by atoms with van der Waals surface area (Å²) < 4.78 is 34.2. The molecule has 15 heteroatoms. The highest BCUT2D eigenvalue weighted by Gasteiger charge is 2.50. The van der Waals surface area contributed by atoms with Crippen molar-refractivity contribution in [2.75, 3.05) is 69.2 Å². The summed E-state index contributed by atoms with van der Waals surface area (Å²) in [5.41, 5.74) is 8.15. The number of ether oxygens (including phenoxy) is 1. The van der Waals surface area contributed by atoms with Crippen LogP contribution in [-0.4, -0.2) is 110 Å². The van der Waals surface area contributed by atoms with Gasteiger partial charge in [0.2, 0.25) is 21.6 Å². The number of aliphatic hydroxyl groups is 1. The minimum Gasteiger partial charge on any atom is -0.390 e. The first kappa shape index (κ1) is 44.5. The van der Waals surface area contributed by atoms with Crippen LogP contribution in [0.15, 0.2) is 64.5 Å². The molecule has 0 unspecified atom stereocenters. The Bertz CT molecular complexity index is 2200. The van der Waals surface area contributed by atoms with E-state index in [0.717, 1.165) is 116 Å². The number of piperazine rings is 1. The van der Waals surface area contributed by atoms with Gasteiger partial charge >= 0.3 is 5.69 Å². The van der Waals surface area contributed by atoms with Crippen molar-refractivity contribution < 1.29 is 28.0 Å². The van der Waals surface area contributed by atoms with E-state index in [2.05, 4.69) is 63.1 Å². The Morgan fingerprint density at radius 1 is 1.00 bits per heavy atom. The standard InChI is InChI=1S/C47H65N7O7S/c1-32(2)38-6-4-5-7-39(38)42-31-51(30-34-12-22-61-23-13-34)20-21-53(42)36-26-47(27-36)16-18-52(19-17-47)35-8-9-40(44(48)55)43(24-35)62(59,60)37-25-41(54(57)58)45(50-29-37)49-28-33-10-14-46(3,56)15-11-33/h4-9,24-25,29,32-34,36,42,56H,10-23,26-28,30-31H2,1-3H3,(H2,48,55)(H,49,50)/t33?,42-,46?/m0/s1. The van der Waals surface area contributed by atoms with Gasteiger partial charge in [0.25, 0.3) is 0 Å². The van der Waals surface area contributed by atoms with E-state index in [1.165, 1.54) is 23.3 Å². The largest absolute Gasteiger partial charge is 0.390 e. The lowest BCUT2D eigenvalue weighted by Crippen LogP contribution is -2.60. The van der Waals surface area contributed by atoms with Gasteiger partial charge in [-0.2, -0.15) is 0 Å². The monoisotopic (exact) mass is 871 g/mol. The molecule has 8 rings (SSSR count). The van der Waals surface area contributed by atoms with Crippen molar-refractivity contribution in [1.29, 1.82) is 0 Å². The molecule has 1 atom stereocenters. The number of rotatable bonds is 13. The second-order valence-electron chi connectivity index (χ2n) is 19.6. The topological polar surface area (TPSA) is 184 Å². The smallest absolute Gasteiger partial charge is 0.312 e. The molecule has 5 fully saturated rings. The zero-order valence-electron chi connectivity index (χ0n) is 36.6. The van der Waals surface area contributed by atoms with Crippen LogP contribution in [-0.2, 0) is 14.6 Å². The second kappa shape index (κ2) is 18.1. The predicted octanol–water partition coefficient (Wildman–Crippen LogP) is 6.93. The number of nitrogens with one attached hydrogen (secondary N) is 1. The zero-order chi connectivity index (χ0) is 43.8. The van der Waals surface area contributed by atoms with Gasteiger partial charge in [-0.3, -0.25) is 24.7 Å². The first-order valence-electron chi connectivity index (χ1n) is 22.8. The maximum absolute atomic E-state index is 14.3. The highest BCUT2D eigenvalue weighted by atomic mass is 32.2. The molecule has 1 spiro atoms. The molecule has 2 aliphatic carbocycles. The molecule has 5 aliphatic rings. The fraction of sp³-hybridized carbons (Fsp3) is 0.617. The van der Waals surface area contributed by atoms with Crippen LogP contribution in [0.1, 0.15) is 118 Å². The summed E-state index contributed by atoms with van der Waals surface area (Å²) in [4.78, 5) is 35.4. The Morgan fingerprint density at radius 2 is 1.71 bits per heavy atom. The Morgan fingerprint density at radius 3 is 2.39 bits per heavy atom. The van der Waals surface area contributed by atoms with E-state index >= 15 is 0 Å². The van der Waals surface area contributed by atoms with Gasteiger partial charge in [-0.25, -0.2) is 13.4 Å². The maximum Gasteiger partial charge on any atom is 0.312 e. The number of hydrogen-bond acceptors (Lipinski definition) is 12. The highest BCUT2D eigenvalue weighted by Crippen LogP contribution is 2.53. The fourth-order valence-corrected chi connectivity index (χ4v) is 12.5. The number of amides is 1. The number of primary amides is 1. The second-order valence-corrected chi connectivity index (χ2v) is 21.5. The molecule has 0 radical (unpaired) electrons. The molecule has 336 valence electrons. The minimum atomic E-state index is -4.45. The van der Waals surface area contributed by atoms with Crippen molar-refractivity contribution in [1.82, 2.24) is 14.8 Å². The van der Waals surface area contributed by atoms with Crippen molar-refractivity contribution >= 4 is 32.9 Å². The molecule has 4 N–H and O–H groups in total. The molecule has 62 heavy (non-hydrogen) atoms. The predicted molar refractivity (Wildman–Crippen MR) is 239 cm³/mol. The summed E-state index contributed by atoms with van der Waals surface area (Å²) in [5.74, 6) is 0.398. The molecular formula is C47H65N7O7S. The number of anilines is 2. The SMILES string of the molecule is CC(C)c1ccccc1[C@@H]1CN(CC2CCOCC2)CCN1C1CC2(CCN(c3ccc(C(N)=O)c(S(=O)(=O)c4cnc(NCC5CCC(C)(O)CC5)c([N+](=O)[O-])c4)c3)CC2)C1. The number of piperidine rings is 1. The third-order valence-electron chi connectivity index (χ3n) is 14.9. The van der Waals surface area contributed by atoms with Crippen LogP contribution in [0.2, 0.25) is 0 Å². The van der Waals surface area contributed by atoms with Gasteiger partial charge in [-0.1, -0.05) is 38.1 Å². The average molecular weight is 872 g/mol. The quantitative estimate of drug-likeness (QED) is 0.119. The van der Waals surface area contributed by atoms with Gasteiger partial charge in [-0.05, 0) is 124 Å². The van der Waals surface area contributed by atoms with Crippen LogP contribution in [0.4, 0.5) is 17.2 Å². The van der Waals surface area contributed by atoms with Crippen LogP contribution in [0, 0.1) is 27.4 Å². The molecular weight excluding hydrogens is 807 g/mol. The molecule has 14 nitrogen and oxygen atoms in total. The van der Waals surface area contributed by atoms with E-state index in [4.69, 9.17) is 10.5 Å². The van der Waals surface area contributed by atoms with Gasteiger partial charge in [0.15, 0.2) is 0 Å². The van der Waals surface area contributed by atoms with Gasteiger partial charge in [0.05, 0.1) is 25.9 Å². The van der Waals surface area contributed by atoms with Gasteiger partial charge in [0.1, 0.15) is 0 Å². The number of nitro groups is 1. The molecule has 4 heterocycles. The fourth-order valence-electron chi connectivity index (χ4n) is 11.1. The summed E-state index contributed by atoms with van der Waals surface area (Å²) >= 11 is 0. The summed E-state index contributed by atoms with van der Waals surface area (Å²) in [6.07, 6.45) is 10.4. The van der Waals surface area contributed by atoms with Gasteiger partial charge in [0, 0.05) is 89.1 Å². The Hall–Kier alpha value is -4.15. The van der Waals surface area contributed by atoms with E-state index in [1.54, 1.807) is 6.07 Å². The van der Waals surface area contributed by atoms with Crippen molar-refractivity contribution in [3.8, 4) is 0 Å². The molecule has 2 saturated carbocycles. The number of hydrogen-bond donors (Lipinski definition) is 3. The van der Waals surface area contributed by atoms with E-state index in [9.17, 15) is 28.4 Å². The molecule has 0 bridgehead atoms. The van der Waals surface area contributed by atoms with Gasteiger partial charge in [-0.15, -0.1) is 0 Å². The third-order valence-corrected chi connectivity index (χ3v) is 16.7. The number of aromatic nitrogens is 1. The molecule has 2 aromatic carbocycles. The van der Waals surface area contributed by atoms with Crippen LogP contribution >= 0.6 is 0 Å². The summed E-state index contributed by atoms with van der Waals surface area (Å²) in [5, 5.41) is 25.6. The molecule has 3 saturated heterocycles. The number of carbonyl (C=O) groups is 1. The summed E-state index contributed by atoms with van der Waals surface area (Å²) in [6, 6.07) is 15.6. The summed E-state index contributed by atoms with van der Waals surface area (Å²) in [6.45, 7) is 14.4. The Balaban J connectivity index is 0.946. The number of sulfone groups is 1. The Labute approximate surface area is 366 Å². The lowest BCUT2D eigenvalue weighted by Gasteiger charge is -2.58. The van der Waals surface area contributed by atoms with E-state index in [1.807, 2.05) is 6.92 Å². The zero-order valence-corrected chi connectivity index (χ0v) is 37.5. The lowest BCUT2D eigenvalue weighted by atomic mass is 9.59. The highest BCUT2D eigenvalue weighted by molar-refractivity contribution is 7.91. The third kappa shape index (κ3) is 9.52. The van der Waals surface area contributed by atoms with Crippen LogP contribution < -0.4 is 16.0 Å². The first-order chi connectivity index (χ1) is 29.6. The lowest BCUT2D eigenvalue weighted by molar-refractivity contribution is -0.384. The molecule has 3 aliphatic heterocycles. The normalized spacial score (nSPS) is 25.5. The average Bonchev–Trinajstić information content (AvgIpc) is 3.25. The molecule has 3 aromatic rings. The van der Waals surface area contributed by atoms with Crippen LogP contribution in [0.25, 0.3) is 0 Å². The maximum atomic E-state index is 14.3. The van der Waals surface area contributed by atoms with E-state index in [-0.39, 0.29) is 32.5 Å². The number of carbonyl (C=O) groups excluding carboxylic acids is 1. The number of pyridine rings is 1. The van der Waals surface area contributed by atoms with Crippen LogP contribution in [0.5, 0.6) is 0 Å². The van der Waals surface area contributed by atoms with E-state index in [0.29, 0.717) is 49.0 Å². The minimum absolute atomic E-state index is 0.0284. The van der Waals surface area contributed by atoms with E-state index < -0.39 is 32.0 Å². The first-order valence-corrected chi connectivity index (χ1v) is 24.3. The van der Waals surface area contributed by atoms with Crippen molar-refractivity contribution in [3.63, 3.8) is 0 Å². The molecule has 1 amide bonds. The van der Waals surface area contributed by atoms with Crippen LogP contribution in [0.3, 0.4) is 0 Å². The van der Waals surface area contributed by atoms with Crippen molar-refractivity contribution in [2.45, 2.75) is 118 Å². The Kier molecular flexibility index (Phi) is 13.0. The number of benzene rings is 2. The number of nitrogens with zero attached hydrogens (tertiary/aromatic N) is 5. The number of nitrogens with two attached hydrogens (primary N) is 1. The van der Waals surface area contributed by atoms with Crippen molar-refractivity contribution in [2.24, 2.45) is 23.0 Å². The van der Waals surface area contributed by atoms with Crippen molar-refractivity contribution in [3.05, 3.63) is 81.5 Å². The van der Waals surface area contributed by atoms with Gasteiger partial charge < -0.3 is 25.8 Å². The molecule has 1 aromatic heterocycles. The summed E-state index contributed by atoms with van der Waals surface area (Å²) in [7, 11) is -4.45.